The fourth-order valence-electron chi connectivity index (χ4n) is 2.26. The van der Waals surface area contributed by atoms with Gasteiger partial charge in [0.25, 0.3) is 5.69 Å². The number of aromatic nitrogens is 1. The number of nitro benzene ring substituents is 1. The van der Waals surface area contributed by atoms with Crippen molar-refractivity contribution >= 4 is 28.6 Å². The van der Waals surface area contributed by atoms with E-state index < -0.39 is 22.4 Å². The van der Waals surface area contributed by atoms with Crippen molar-refractivity contribution in [1.29, 1.82) is 0 Å². The molecule has 1 aromatic carbocycles. The number of benzene rings is 1. The third-order valence-corrected chi connectivity index (χ3v) is 4.38. The Morgan fingerprint density at radius 1 is 1.33 bits per heavy atom. The van der Waals surface area contributed by atoms with E-state index in [9.17, 15) is 28.1 Å². The van der Waals surface area contributed by atoms with Crippen LogP contribution >= 0.6 is 11.3 Å². The molecule has 0 saturated heterocycles. The summed E-state index contributed by atoms with van der Waals surface area (Å²) in [4.78, 5) is 26.1. The highest BCUT2D eigenvalue weighted by atomic mass is 32.1. The molecule has 0 fully saturated rings. The maximum atomic E-state index is 12.7. The van der Waals surface area contributed by atoms with Crippen molar-refractivity contribution in [3.8, 4) is 0 Å². The van der Waals surface area contributed by atoms with E-state index in [1.54, 1.807) is 0 Å². The summed E-state index contributed by atoms with van der Waals surface area (Å²) in [7, 11) is 0. The number of nitrogens with one attached hydrogen (secondary N) is 2. The molecule has 0 saturated carbocycles. The number of thiazole rings is 1. The number of nitrogens with zero attached hydrogens (tertiary/aromatic N) is 2. The fraction of sp³-hybridized carbons (Fsp3) is 0.375. The average Bonchev–Trinajstić information content (AvgIpc) is 2.99. The number of carbonyl (C=O) groups excluding carboxylic acids is 1. The Morgan fingerprint density at radius 2 is 2.07 bits per heavy atom. The summed E-state index contributed by atoms with van der Waals surface area (Å²) in [6, 6.07) is 2.22. The standard InChI is InChI=1S/C16H17F3N4O3S/c1-10-22-12(9-27-10)4-6-21-15(24)5-7-20-13-3-2-11(16(17,18)19)8-14(13)23(25)26/h2-3,8-9,20H,4-7H2,1H3,(H,21,24). The number of anilines is 1. The predicted octanol–water partition coefficient (Wildman–Crippen LogP) is 3.54. The molecule has 0 radical (unpaired) electrons. The van der Waals surface area contributed by atoms with Crippen LogP contribution in [0.1, 0.15) is 22.7 Å². The van der Waals surface area contributed by atoms with Crippen molar-refractivity contribution in [3.63, 3.8) is 0 Å². The predicted molar refractivity (Wildman–Crippen MR) is 94.8 cm³/mol. The number of carbonyl (C=O) groups is 1. The lowest BCUT2D eigenvalue weighted by atomic mass is 10.1. The third kappa shape index (κ3) is 6.20. The van der Waals surface area contributed by atoms with Crippen LogP contribution < -0.4 is 10.6 Å². The van der Waals surface area contributed by atoms with E-state index in [4.69, 9.17) is 0 Å². The molecular weight excluding hydrogens is 385 g/mol. The van der Waals surface area contributed by atoms with Crippen molar-refractivity contribution in [2.24, 2.45) is 0 Å². The summed E-state index contributed by atoms with van der Waals surface area (Å²) < 4.78 is 38.0. The average molecular weight is 402 g/mol. The lowest BCUT2D eigenvalue weighted by Crippen LogP contribution is -2.27. The van der Waals surface area contributed by atoms with Crippen molar-refractivity contribution in [3.05, 3.63) is 50.0 Å². The molecule has 146 valence electrons. The molecule has 0 unspecified atom stereocenters. The summed E-state index contributed by atoms with van der Waals surface area (Å²) in [5, 5.41) is 19.2. The van der Waals surface area contributed by atoms with Crippen LogP contribution in [0.4, 0.5) is 24.5 Å². The first-order chi connectivity index (χ1) is 12.7. The number of halogens is 3. The zero-order valence-electron chi connectivity index (χ0n) is 14.3. The van der Waals surface area contributed by atoms with Crippen LogP contribution in [0.2, 0.25) is 0 Å². The number of alkyl halides is 3. The highest BCUT2D eigenvalue weighted by Crippen LogP contribution is 2.34. The minimum absolute atomic E-state index is 0.0221. The Morgan fingerprint density at radius 3 is 2.67 bits per heavy atom. The fourth-order valence-corrected chi connectivity index (χ4v) is 2.91. The van der Waals surface area contributed by atoms with E-state index in [0.717, 1.165) is 22.8 Å². The second-order valence-corrected chi connectivity index (χ2v) is 6.68. The molecule has 1 heterocycles. The summed E-state index contributed by atoms with van der Waals surface area (Å²) in [6.45, 7) is 2.34. The van der Waals surface area contributed by atoms with Gasteiger partial charge in [0.2, 0.25) is 5.91 Å². The van der Waals surface area contributed by atoms with Gasteiger partial charge in [-0.2, -0.15) is 13.2 Å². The van der Waals surface area contributed by atoms with Crippen LogP contribution in [0.25, 0.3) is 0 Å². The Kier molecular flexibility index (Phi) is 6.72. The van der Waals surface area contributed by atoms with Crippen LogP contribution in [0.3, 0.4) is 0 Å². The molecule has 1 aromatic heterocycles. The van der Waals surface area contributed by atoms with Gasteiger partial charge in [0.1, 0.15) is 5.69 Å². The van der Waals surface area contributed by atoms with Crippen molar-refractivity contribution < 1.29 is 22.9 Å². The molecule has 7 nitrogen and oxygen atoms in total. The quantitative estimate of drug-likeness (QED) is 0.520. The Hall–Kier alpha value is -2.69. The maximum absolute atomic E-state index is 12.7. The van der Waals surface area contributed by atoms with Gasteiger partial charge in [0.15, 0.2) is 0 Å². The molecule has 2 N–H and O–H groups in total. The van der Waals surface area contributed by atoms with E-state index >= 15 is 0 Å². The van der Waals surface area contributed by atoms with Gasteiger partial charge in [-0.05, 0) is 19.1 Å². The number of aryl methyl sites for hydroxylation is 1. The van der Waals surface area contributed by atoms with Gasteiger partial charge in [-0.15, -0.1) is 11.3 Å². The summed E-state index contributed by atoms with van der Waals surface area (Å²) >= 11 is 1.52. The third-order valence-electron chi connectivity index (χ3n) is 3.56. The lowest BCUT2D eigenvalue weighted by Gasteiger charge is -2.10. The van der Waals surface area contributed by atoms with Gasteiger partial charge in [0, 0.05) is 37.4 Å². The van der Waals surface area contributed by atoms with Crippen molar-refractivity contribution in [2.45, 2.75) is 25.9 Å². The van der Waals surface area contributed by atoms with E-state index in [-0.39, 0.29) is 24.6 Å². The molecule has 1 amide bonds. The molecule has 0 atom stereocenters. The van der Waals surface area contributed by atoms with Crippen molar-refractivity contribution in [2.75, 3.05) is 18.4 Å². The first-order valence-electron chi connectivity index (χ1n) is 7.94. The molecule has 0 aliphatic heterocycles. The van der Waals surface area contributed by atoms with E-state index in [0.29, 0.717) is 19.0 Å². The second kappa shape index (κ2) is 8.80. The molecule has 2 rings (SSSR count). The molecule has 27 heavy (non-hydrogen) atoms. The number of nitro groups is 1. The largest absolute Gasteiger partial charge is 0.416 e. The van der Waals surface area contributed by atoms with E-state index in [1.807, 2.05) is 12.3 Å². The smallest absolute Gasteiger partial charge is 0.379 e. The number of hydrogen-bond acceptors (Lipinski definition) is 6. The highest BCUT2D eigenvalue weighted by Gasteiger charge is 2.33. The number of hydrogen-bond donors (Lipinski definition) is 2. The molecule has 11 heteroatoms. The monoisotopic (exact) mass is 402 g/mol. The van der Waals surface area contributed by atoms with Crippen LogP contribution in [-0.4, -0.2) is 28.9 Å². The SMILES string of the molecule is Cc1nc(CCNC(=O)CCNc2ccc(C(F)(F)F)cc2[N+](=O)[O-])cs1. The molecule has 0 aliphatic carbocycles. The van der Waals surface area contributed by atoms with Crippen LogP contribution in [0, 0.1) is 17.0 Å². The minimum Gasteiger partial charge on any atom is -0.379 e. The zero-order valence-corrected chi connectivity index (χ0v) is 15.1. The van der Waals surface area contributed by atoms with E-state index in [2.05, 4.69) is 15.6 Å². The first kappa shape index (κ1) is 20.6. The zero-order chi connectivity index (χ0) is 20.0. The van der Waals surface area contributed by atoms with Gasteiger partial charge in [0.05, 0.1) is 21.2 Å². The topological polar surface area (TPSA) is 97.2 Å². The minimum atomic E-state index is -4.67. The Labute approximate surface area is 156 Å². The molecule has 2 aromatic rings. The summed E-state index contributed by atoms with van der Waals surface area (Å²) in [5.74, 6) is -0.274. The Balaban J connectivity index is 1.83. The van der Waals surface area contributed by atoms with Crippen LogP contribution in [0.5, 0.6) is 0 Å². The molecular formula is C16H17F3N4O3S. The van der Waals surface area contributed by atoms with Gasteiger partial charge in [-0.25, -0.2) is 4.98 Å². The summed E-state index contributed by atoms with van der Waals surface area (Å²) in [6.07, 6.45) is -4.05. The normalized spacial score (nSPS) is 11.3. The molecule has 0 aliphatic rings. The number of rotatable bonds is 8. The second-order valence-electron chi connectivity index (χ2n) is 5.62. The van der Waals surface area contributed by atoms with E-state index in [1.165, 1.54) is 11.3 Å². The maximum Gasteiger partial charge on any atom is 0.416 e. The van der Waals surface area contributed by atoms with Crippen molar-refractivity contribution in [1.82, 2.24) is 10.3 Å². The number of amides is 1. The Bertz CT molecular complexity index is 823. The van der Waals surface area contributed by atoms with Gasteiger partial charge in [-0.1, -0.05) is 0 Å². The summed E-state index contributed by atoms with van der Waals surface area (Å²) in [5.41, 5.74) is -0.978. The van der Waals surface area contributed by atoms with Gasteiger partial charge >= 0.3 is 6.18 Å². The highest BCUT2D eigenvalue weighted by molar-refractivity contribution is 7.09. The first-order valence-corrected chi connectivity index (χ1v) is 8.82. The molecule has 0 spiro atoms. The van der Waals surface area contributed by atoms with Crippen LogP contribution in [-0.2, 0) is 17.4 Å². The van der Waals surface area contributed by atoms with Gasteiger partial charge in [-0.3, -0.25) is 14.9 Å². The van der Waals surface area contributed by atoms with Gasteiger partial charge < -0.3 is 10.6 Å². The van der Waals surface area contributed by atoms with Crippen LogP contribution in [0.15, 0.2) is 23.6 Å². The lowest BCUT2D eigenvalue weighted by molar-refractivity contribution is -0.384. The molecule has 0 bridgehead atoms.